The quantitative estimate of drug-likeness (QED) is 0.424. The number of rotatable bonds is 11. The van der Waals surface area contributed by atoms with Gasteiger partial charge in [0.05, 0.1) is 12.6 Å². The second-order valence-corrected chi connectivity index (χ2v) is 11.5. The third-order valence-corrected chi connectivity index (χ3v) is 7.14. The van der Waals surface area contributed by atoms with Crippen LogP contribution in [-0.4, -0.2) is 88.2 Å². The van der Waals surface area contributed by atoms with Gasteiger partial charge in [-0.15, -0.1) is 0 Å². The molecule has 41 heavy (non-hydrogen) atoms. The summed E-state index contributed by atoms with van der Waals surface area (Å²) in [5, 5.41) is 16.7. The summed E-state index contributed by atoms with van der Waals surface area (Å²) in [6, 6.07) is 13.6. The zero-order chi connectivity index (χ0) is 30.3. The Labute approximate surface area is 243 Å². The summed E-state index contributed by atoms with van der Waals surface area (Å²) in [5.41, 5.74) is 4.11. The summed E-state index contributed by atoms with van der Waals surface area (Å²) in [7, 11) is 1.72. The summed E-state index contributed by atoms with van der Waals surface area (Å²) in [5.74, 6) is -0.502. The van der Waals surface area contributed by atoms with Gasteiger partial charge in [0.2, 0.25) is 5.91 Å². The lowest BCUT2D eigenvalue weighted by Gasteiger charge is -2.32. The number of fused-ring (bicyclic) bond motifs is 1. The van der Waals surface area contributed by atoms with Gasteiger partial charge in [-0.2, -0.15) is 0 Å². The lowest BCUT2D eigenvalue weighted by molar-refractivity contribution is -0.151. The Morgan fingerprint density at radius 2 is 1.63 bits per heavy atom. The van der Waals surface area contributed by atoms with Gasteiger partial charge in [-0.3, -0.25) is 14.6 Å². The van der Waals surface area contributed by atoms with Crippen molar-refractivity contribution < 1.29 is 24.2 Å². The number of aliphatic hydroxyl groups is 1. The van der Waals surface area contributed by atoms with Crippen molar-refractivity contribution in [1.82, 2.24) is 19.8 Å². The van der Waals surface area contributed by atoms with E-state index in [0.717, 1.165) is 16.8 Å². The van der Waals surface area contributed by atoms with Gasteiger partial charge in [-0.25, -0.2) is 9.80 Å². The summed E-state index contributed by atoms with van der Waals surface area (Å²) in [6.07, 6.45) is -1.10. The number of amides is 3. The average Bonchev–Trinajstić information content (AvgIpc) is 3.34. The molecule has 1 aliphatic heterocycles. The third kappa shape index (κ3) is 8.93. The van der Waals surface area contributed by atoms with Crippen molar-refractivity contribution in [1.29, 1.82) is 0 Å². The number of hydrogen-bond donors (Lipinski definition) is 2. The summed E-state index contributed by atoms with van der Waals surface area (Å²) < 4.78 is 5.52. The molecular weight excluding hydrogens is 522 g/mol. The van der Waals surface area contributed by atoms with Crippen LogP contribution < -0.4 is 5.32 Å². The van der Waals surface area contributed by atoms with Gasteiger partial charge in [0.1, 0.15) is 12.1 Å². The number of likely N-dealkylation sites (N-methyl/N-ethyl adjacent to an activating group) is 2. The molecule has 0 radical (unpaired) electrons. The Balaban J connectivity index is 1.72. The van der Waals surface area contributed by atoms with E-state index in [9.17, 15) is 19.5 Å². The Hall–Kier alpha value is -3.63. The van der Waals surface area contributed by atoms with Crippen LogP contribution in [0, 0.1) is 6.92 Å². The Kier molecular flexibility index (Phi) is 10.8. The fourth-order valence-electron chi connectivity index (χ4n) is 4.56. The lowest BCUT2D eigenvalue weighted by atomic mass is 10.1. The van der Waals surface area contributed by atoms with Crippen LogP contribution >= 0.6 is 0 Å². The highest BCUT2D eigenvalue weighted by molar-refractivity contribution is 5.87. The Morgan fingerprint density at radius 3 is 2.20 bits per heavy atom. The second-order valence-electron chi connectivity index (χ2n) is 11.5. The van der Waals surface area contributed by atoms with E-state index in [1.807, 2.05) is 49.2 Å². The molecule has 0 saturated heterocycles. The molecule has 1 heterocycles. The molecule has 0 aromatic heterocycles. The van der Waals surface area contributed by atoms with E-state index in [1.54, 1.807) is 39.8 Å². The minimum atomic E-state index is -0.644. The van der Waals surface area contributed by atoms with Gasteiger partial charge in [-0.05, 0) is 69.9 Å². The molecule has 2 aromatic rings. The predicted molar refractivity (Wildman–Crippen MR) is 159 cm³/mol. The largest absolute Gasteiger partial charge is 0.444 e. The van der Waals surface area contributed by atoms with Gasteiger partial charge in [-0.1, -0.05) is 36.4 Å². The molecule has 0 spiro atoms. The SMILES string of the molecule is CCN(CCN(CC(=O)N(C)N1Cc2ccccc2C1)C(=O)CNc1cc(C(C)O)ccc1C)C(=O)OC(C)(C)C. The van der Waals surface area contributed by atoms with Crippen LogP contribution in [-0.2, 0) is 27.4 Å². The van der Waals surface area contributed by atoms with Crippen molar-refractivity contribution >= 4 is 23.6 Å². The number of benzene rings is 2. The van der Waals surface area contributed by atoms with Crippen LogP contribution in [0.5, 0.6) is 0 Å². The number of ether oxygens (including phenoxy) is 1. The van der Waals surface area contributed by atoms with Crippen molar-refractivity contribution in [3.8, 4) is 0 Å². The van der Waals surface area contributed by atoms with E-state index < -0.39 is 17.8 Å². The monoisotopic (exact) mass is 567 g/mol. The number of aliphatic hydroxyl groups excluding tert-OH is 1. The highest BCUT2D eigenvalue weighted by Gasteiger charge is 2.28. The topological polar surface area (TPSA) is 106 Å². The van der Waals surface area contributed by atoms with Gasteiger partial charge < -0.3 is 25.0 Å². The number of hydrogen-bond acceptors (Lipinski definition) is 7. The molecule has 1 aliphatic rings. The van der Waals surface area contributed by atoms with Crippen molar-refractivity contribution in [2.24, 2.45) is 0 Å². The molecule has 224 valence electrons. The van der Waals surface area contributed by atoms with Crippen molar-refractivity contribution in [2.75, 3.05) is 45.1 Å². The number of anilines is 1. The molecule has 0 fully saturated rings. The van der Waals surface area contributed by atoms with E-state index in [1.165, 1.54) is 20.9 Å². The number of nitrogens with zero attached hydrogens (tertiary/aromatic N) is 4. The van der Waals surface area contributed by atoms with Crippen LogP contribution in [0.25, 0.3) is 0 Å². The zero-order valence-electron chi connectivity index (χ0n) is 25.4. The van der Waals surface area contributed by atoms with E-state index in [4.69, 9.17) is 4.74 Å². The first-order chi connectivity index (χ1) is 19.3. The van der Waals surface area contributed by atoms with Gasteiger partial charge in [0.25, 0.3) is 5.91 Å². The van der Waals surface area contributed by atoms with Crippen molar-refractivity contribution in [3.05, 3.63) is 64.7 Å². The van der Waals surface area contributed by atoms with Crippen LogP contribution in [0.15, 0.2) is 42.5 Å². The number of carbonyl (C=O) groups is 3. The van der Waals surface area contributed by atoms with Gasteiger partial charge in [0, 0.05) is 45.5 Å². The molecule has 2 N–H and O–H groups in total. The van der Waals surface area contributed by atoms with Gasteiger partial charge >= 0.3 is 6.09 Å². The zero-order valence-corrected chi connectivity index (χ0v) is 25.4. The first kappa shape index (κ1) is 31.9. The molecule has 10 heteroatoms. The summed E-state index contributed by atoms with van der Waals surface area (Å²) >= 11 is 0. The smallest absolute Gasteiger partial charge is 0.410 e. The molecule has 0 bridgehead atoms. The van der Waals surface area contributed by atoms with E-state index in [0.29, 0.717) is 19.6 Å². The standard InChI is InChI=1S/C31H45N5O5/c1-8-34(30(40)41-31(4,5)6)15-16-35(28(38)18-32-27-17-24(23(3)37)14-13-22(27)2)21-29(39)33(7)36-19-25-11-9-10-12-26(25)20-36/h9-14,17,23,32,37H,8,15-16,18-21H2,1-7H3. The number of hydrazine groups is 1. The fraction of sp³-hybridized carbons (Fsp3) is 0.516. The van der Waals surface area contributed by atoms with E-state index in [2.05, 4.69) is 17.4 Å². The minimum absolute atomic E-state index is 0.0468. The number of nitrogens with one attached hydrogen (secondary N) is 1. The first-order valence-corrected chi connectivity index (χ1v) is 14.2. The maximum Gasteiger partial charge on any atom is 0.410 e. The Morgan fingerprint density at radius 1 is 1.02 bits per heavy atom. The van der Waals surface area contributed by atoms with Gasteiger partial charge in [0.15, 0.2) is 0 Å². The normalized spacial score (nSPS) is 13.8. The maximum atomic E-state index is 13.5. The summed E-state index contributed by atoms with van der Waals surface area (Å²) in [4.78, 5) is 42.6. The van der Waals surface area contributed by atoms with Crippen LogP contribution in [0.4, 0.5) is 10.5 Å². The highest BCUT2D eigenvalue weighted by atomic mass is 16.6. The molecule has 1 atom stereocenters. The van der Waals surface area contributed by atoms with Crippen LogP contribution in [0.3, 0.4) is 0 Å². The van der Waals surface area contributed by atoms with Crippen molar-refractivity contribution in [3.63, 3.8) is 0 Å². The first-order valence-electron chi connectivity index (χ1n) is 14.2. The minimum Gasteiger partial charge on any atom is -0.444 e. The van der Waals surface area contributed by atoms with E-state index >= 15 is 0 Å². The third-order valence-electron chi connectivity index (χ3n) is 7.14. The molecule has 3 rings (SSSR count). The highest BCUT2D eigenvalue weighted by Crippen LogP contribution is 2.24. The summed E-state index contributed by atoms with van der Waals surface area (Å²) in [6.45, 7) is 12.7. The lowest BCUT2D eigenvalue weighted by Crippen LogP contribution is -2.50. The molecule has 0 aliphatic carbocycles. The van der Waals surface area contributed by atoms with Crippen LogP contribution in [0.1, 0.15) is 63.0 Å². The van der Waals surface area contributed by atoms with Crippen LogP contribution in [0.2, 0.25) is 0 Å². The Bertz CT molecular complexity index is 1200. The molecule has 2 aromatic carbocycles. The number of carbonyl (C=O) groups excluding carboxylic acids is 3. The maximum absolute atomic E-state index is 13.5. The average molecular weight is 568 g/mol. The van der Waals surface area contributed by atoms with E-state index in [-0.39, 0.29) is 38.0 Å². The second kappa shape index (κ2) is 13.8. The predicted octanol–water partition coefficient (Wildman–Crippen LogP) is 3.94. The fourth-order valence-corrected chi connectivity index (χ4v) is 4.56. The molecule has 0 saturated carbocycles. The molecule has 3 amide bonds. The van der Waals surface area contributed by atoms with Crippen molar-refractivity contribution in [2.45, 2.75) is 66.3 Å². The molecule has 10 nitrogen and oxygen atoms in total. The number of aryl methyl sites for hydroxylation is 1. The molecule has 1 unspecified atom stereocenters. The molecular formula is C31H45N5O5.